The number of hydrogen-bond donors (Lipinski definition) is 1. The number of hydrogen-bond acceptors (Lipinski definition) is 4. The second-order valence-electron chi connectivity index (χ2n) is 6.30. The molecule has 1 aliphatic rings. The second-order valence-corrected chi connectivity index (χ2v) is 6.30. The Hall–Kier alpha value is -2.89. The minimum absolute atomic E-state index is 0.0177. The fraction of sp³-hybridized carbons (Fsp3) is 0.316. The highest BCUT2D eigenvalue weighted by atomic mass is 16.5. The first kappa shape index (κ1) is 15.6. The lowest BCUT2D eigenvalue weighted by Gasteiger charge is -2.32. The first-order valence-electron chi connectivity index (χ1n) is 8.49. The minimum Gasteiger partial charge on any atom is -0.496 e. The van der Waals surface area contributed by atoms with Gasteiger partial charge in [0.2, 0.25) is 0 Å². The van der Waals surface area contributed by atoms with E-state index in [0.29, 0.717) is 17.9 Å². The summed E-state index contributed by atoms with van der Waals surface area (Å²) in [6.45, 7) is 1.43. The van der Waals surface area contributed by atoms with E-state index in [2.05, 4.69) is 15.2 Å². The third kappa shape index (κ3) is 2.84. The largest absolute Gasteiger partial charge is 0.496 e. The van der Waals surface area contributed by atoms with E-state index in [1.807, 2.05) is 41.3 Å². The van der Waals surface area contributed by atoms with Gasteiger partial charge in [-0.3, -0.25) is 9.89 Å². The zero-order valence-electron chi connectivity index (χ0n) is 14.1. The summed E-state index contributed by atoms with van der Waals surface area (Å²) in [5.74, 6) is 0.872. The van der Waals surface area contributed by atoms with Gasteiger partial charge in [-0.05, 0) is 37.1 Å². The fourth-order valence-electron chi connectivity index (χ4n) is 3.57. The van der Waals surface area contributed by atoms with Gasteiger partial charge in [0, 0.05) is 36.3 Å². The van der Waals surface area contributed by atoms with Gasteiger partial charge in [-0.2, -0.15) is 5.10 Å². The molecule has 6 nitrogen and oxygen atoms in total. The van der Waals surface area contributed by atoms with Crippen LogP contribution in [-0.4, -0.2) is 46.2 Å². The van der Waals surface area contributed by atoms with E-state index < -0.39 is 0 Å². The van der Waals surface area contributed by atoms with Crippen molar-refractivity contribution in [1.29, 1.82) is 0 Å². The number of aromatic amines is 1. The molecule has 1 fully saturated rings. The molecule has 0 radical (unpaired) electrons. The predicted octanol–water partition coefficient (Wildman–Crippen LogP) is 2.99. The third-order valence-electron chi connectivity index (χ3n) is 4.81. The number of nitrogens with one attached hydrogen (secondary N) is 1. The van der Waals surface area contributed by atoms with E-state index in [1.54, 1.807) is 13.3 Å². The standard InChI is InChI=1S/C19H20N4O2/c1-25-16-9-3-2-7-14(16)19(24)23-11-5-6-13(12-23)17-15-8-4-10-20-18(15)22-21-17/h2-4,7-10,13H,5-6,11-12H2,1H3,(H,20,21,22)/t13-/m1/s1. The van der Waals surface area contributed by atoms with E-state index in [-0.39, 0.29) is 11.8 Å². The van der Waals surface area contributed by atoms with Gasteiger partial charge >= 0.3 is 0 Å². The number of amides is 1. The Morgan fingerprint density at radius 3 is 3.04 bits per heavy atom. The molecule has 1 N–H and O–H groups in total. The van der Waals surface area contributed by atoms with Crippen molar-refractivity contribution in [3.05, 3.63) is 53.9 Å². The van der Waals surface area contributed by atoms with Crippen LogP contribution in [0.3, 0.4) is 0 Å². The van der Waals surface area contributed by atoms with Gasteiger partial charge in [0.25, 0.3) is 5.91 Å². The number of pyridine rings is 1. The number of benzene rings is 1. The van der Waals surface area contributed by atoms with Crippen LogP contribution in [0.25, 0.3) is 11.0 Å². The van der Waals surface area contributed by atoms with E-state index in [1.165, 1.54) is 0 Å². The Balaban J connectivity index is 1.60. The first-order chi connectivity index (χ1) is 12.3. The number of fused-ring (bicyclic) bond motifs is 1. The van der Waals surface area contributed by atoms with Crippen LogP contribution in [-0.2, 0) is 0 Å². The summed E-state index contributed by atoms with van der Waals surface area (Å²) in [5, 5.41) is 8.46. The Labute approximate surface area is 145 Å². The van der Waals surface area contributed by atoms with Crippen LogP contribution in [0.5, 0.6) is 5.75 Å². The van der Waals surface area contributed by atoms with Crippen molar-refractivity contribution in [3.8, 4) is 5.75 Å². The highest BCUT2D eigenvalue weighted by molar-refractivity contribution is 5.97. The SMILES string of the molecule is COc1ccccc1C(=O)N1CCC[C@@H](c2[nH]nc3ncccc23)C1. The maximum atomic E-state index is 13.0. The van der Waals surface area contributed by atoms with Crippen molar-refractivity contribution < 1.29 is 9.53 Å². The number of aromatic nitrogens is 3. The molecule has 0 unspecified atom stereocenters. The molecule has 1 aliphatic heterocycles. The summed E-state index contributed by atoms with van der Waals surface area (Å²) in [6.07, 6.45) is 3.74. The number of likely N-dealkylation sites (tertiary alicyclic amines) is 1. The molecule has 0 saturated carbocycles. The van der Waals surface area contributed by atoms with Gasteiger partial charge in [0.05, 0.1) is 12.7 Å². The third-order valence-corrected chi connectivity index (χ3v) is 4.81. The number of methoxy groups -OCH3 is 1. The molecule has 3 heterocycles. The van der Waals surface area contributed by atoms with Crippen molar-refractivity contribution in [1.82, 2.24) is 20.1 Å². The number of carbonyl (C=O) groups excluding carboxylic acids is 1. The topological polar surface area (TPSA) is 71.1 Å². The zero-order valence-corrected chi connectivity index (χ0v) is 14.1. The molecular formula is C19H20N4O2. The van der Waals surface area contributed by atoms with Crippen molar-refractivity contribution in [2.75, 3.05) is 20.2 Å². The molecule has 0 aliphatic carbocycles. The van der Waals surface area contributed by atoms with Crippen LogP contribution in [0.15, 0.2) is 42.6 Å². The van der Waals surface area contributed by atoms with E-state index in [0.717, 1.165) is 36.1 Å². The summed E-state index contributed by atoms with van der Waals surface area (Å²) in [6, 6.07) is 11.3. The van der Waals surface area contributed by atoms with Gasteiger partial charge in [-0.1, -0.05) is 12.1 Å². The van der Waals surface area contributed by atoms with Crippen LogP contribution in [0.2, 0.25) is 0 Å². The number of rotatable bonds is 3. The molecule has 3 aromatic rings. The molecule has 4 rings (SSSR count). The monoisotopic (exact) mass is 336 g/mol. The van der Waals surface area contributed by atoms with Crippen molar-refractivity contribution in [2.24, 2.45) is 0 Å². The second kappa shape index (κ2) is 6.55. The van der Waals surface area contributed by atoms with Gasteiger partial charge in [-0.15, -0.1) is 0 Å². The number of carbonyl (C=O) groups is 1. The van der Waals surface area contributed by atoms with Crippen LogP contribution < -0.4 is 4.74 Å². The highest BCUT2D eigenvalue weighted by Gasteiger charge is 2.28. The Kier molecular flexibility index (Phi) is 4.09. The fourth-order valence-corrected chi connectivity index (χ4v) is 3.57. The quantitative estimate of drug-likeness (QED) is 0.798. The molecule has 0 bridgehead atoms. The van der Waals surface area contributed by atoms with Crippen molar-refractivity contribution in [2.45, 2.75) is 18.8 Å². The van der Waals surface area contributed by atoms with E-state index in [4.69, 9.17) is 4.74 Å². The summed E-state index contributed by atoms with van der Waals surface area (Å²) in [5.41, 5.74) is 2.41. The van der Waals surface area contributed by atoms with Crippen molar-refractivity contribution in [3.63, 3.8) is 0 Å². The number of para-hydroxylation sites is 1. The van der Waals surface area contributed by atoms with Gasteiger partial charge in [0.15, 0.2) is 5.65 Å². The summed E-state index contributed by atoms with van der Waals surface area (Å²) < 4.78 is 5.34. The summed E-state index contributed by atoms with van der Waals surface area (Å²) >= 11 is 0. The van der Waals surface area contributed by atoms with Crippen LogP contribution in [0.4, 0.5) is 0 Å². The summed E-state index contributed by atoms with van der Waals surface area (Å²) in [4.78, 5) is 19.2. The number of piperidine rings is 1. The lowest BCUT2D eigenvalue weighted by atomic mass is 9.92. The average Bonchev–Trinajstić information content (AvgIpc) is 3.11. The van der Waals surface area contributed by atoms with Crippen molar-refractivity contribution >= 4 is 16.9 Å². The first-order valence-corrected chi connectivity index (χ1v) is 8.49. The zero-order chi connectivity index (χ0) is 17.2. The number of nitrogens with zero attached hydrogens (tertiary/aromatic N) is 3. The Bertz CT molecular complexity index is 905. The number of H-pyrrole nitrogens is 1. The van der Waals surface area contributed by atoms with Gasteiger partial charge in [-0.25, -0.2) is 4.98 Å². The molecule has 1 saturated heterocycles. The molecule has 1 atom stereocenters. The maximum Gasteiger partial charge on any atom is 0.257 e. The number of ether oxygens (including phenoxy) is 1. The normalized spacial score (nSPS) is 17.6. The van der Waals surface area contributed by atoms with E-state index in [9.17, 15) is 4.79 Å². The predicted molar refractivity (Wildman–Crippen MR) is 94.8 cm³/mol. The Morgan fingerprint density at radius 2 is 2.16 bits per heavy atom. The lowest BCUT2D eigenvalue weighted by Crippen LogP contribution is -2.39. The molecule has 0 spiro atoms. The van der Waals surface area contributed by atoms with Gasteiger partial charge < -0.3 is 9.64 Å². The maximum absolute atomic E-state index is 13.0. The molecule has 1 amide bonds. The molecule has 25 heavy (non-hydrogen) atoms. The molecule has 1 aromatic carbocycles. The van der Waals surface area contributed by atoms with Crippen LogP contribution in [0, 0.1) is 0 Å². The minimum atomic E-state index is 0.0177. The smallest absolute Gasteiger partial charge is 0.257 e. The van der Waals surface area contributed by atoms with E-state index >= 15 is 0 Å². The molecule has 128 valence electrons. The van der Waals surface area contributed by atoms with Gasteiger partial charge in [0.1, 0.15) is 5.75 Å². The molecular weight excluding hydrogens is 316 g/mol. The Morgan fingerprint density at radius 1 is 1.28 bits per heavy atom. The average molecular weight is 336 g/mol. The lowest BCUT2D eigenvalue weighted by molar-refractivity contribution is 0.0703. The van der Waals surface area contributed by atoms with Crippen LogP contribution in [0.1, 0.15) is 34.8 Å². The molecule has 2 aromatic heterocycles. The summed E-state index contributed by atoms with van der Waals surface area (Å²) in [7, 11) is 1.59. The molecule has 6 heteroatoms. The highest BCUT2D eigenvalue weighted by Crippen LogP contribution is 2.31. The van der Waals surface area contributed by atoms with Crippen LogP contribution >= 0.6 is 0 Å².